The van der Waals surface area contributed by atoms with Gasteiger partial charge in [0, 0.05) is 24.0 Å². The molecule has 3 aromatic rings. The van der Waals surface area contributed by atoms with E-state index in [1.165, 1.54) is 18.2 Å². The predicted octanol–water partition coefficient (Wildman–Crippen LogP) is 4.53. The summed E-state index contributed by atoms with van der Waals surface area (Å²) in [6, 6.07) is 7.39. The zero-order valence-electron chi connectivity index (χ0n) is 17.1. The van der Waals surface area contributed by atoms with Crippen molar-refractivity contribution in [2.24, 2.45) is 0 Å². The van der Waals surface area contributed by atoms with Gasteiger partial charge in [-0.05, 0) is 62.9 Å². The van der Waals surface area contributed by atoms with Crippen LogP contribution in [0.5, 0.6) is 0 Å². The fraction of sp³-hybridized carbons (Fsp3) is 0.318. The van der Waals surface area contributed by atoms with Gasteiger partial charge in [0.1, 0.15) is 10.7 Å². The molecule has 0 saturated carbocycles. The van der Waals surface area contributed by atoms with Crippen LogP contribution in [0, 0.1) is 26.6 Å². The van der Waals surface area contributed by atoms with E-state index in [0.29, 0.717) is 29.6 Å². The maximum Gasteiger partial charge on any atom is 0.289 e. The van der Waals surface area contributed by atoms with E-state index in [0.717, 1.165) is 18.4 Å². The molecule has 1 amide bonds. The normalized spacial score (nSPS) is 14.5. The van der Waals surface area contributed by atoms with Gasteiger partial charge < -0.3 is 9.32 Å². The number of rotatable bonds is 4. The zero-order valence-corrected chi connectivity index (χ0v) is 17.9. The minimum absolute atomic E-state index is 0.0793. The third-order valence-corrected chi connectivity index (χ3v) is 7.18. The van der Waals surface area contributed by atoms with Crippen molar-refractivity contribution in [3.8, 4) is 0 Å². The Morgan fingerprint density at radius 3 is 2.43 bits per heavy atom. The lowest BCUT2D eigenvalue weighted by Crippen LogP contribution is -2.27. The summed E-state index contributed by atoms with van der Waals surface area (Å²) in [5.41, 5.74) is 1.79. The van der Waals surface area contributed by atoms with Crippen molar-refractivity contribution in [1.29, 1.82) is 0 Å². The Kier molecular flexibility index (Phi) is 5.05. The number of halogens is 1. The third-order valence-electron chi connectivity index (χ3n) is 5.67. The van der Waals surface area contributed by atoms with Crippen LogP contribution >= 0.6 is 0 Å². The fourth-order valence-corrected chi connectivity index (χ4v) is 5.39. The van der Waals surface area contributed by atoms with E-state index in [-0.39, 0.29) is 27.8 Å². The molecule has 1 aliphatic heterocycles. The second kappa shape index (κ2) is 7.43. The summed E-state index contributed by atoms with van der Waals surface area (Å²) in [7, 11) is -4.17. The van der Waals surface area contributed by atoms with E-state index in [1.807, 2.05) is 6.07 Å². The molecule has 158 valence electrons. The van der Waals surface area contributed by atoms with Crippen LogP contribution in [0.25, 0.3) is 11.0 Å². The lowest BCUT2D eigenvalue weighted by atomic mass is 10.0. The number of hydrogen-bond acceptors (Lipinski definition) is 4. The van der Waals surface area contributed by atoms with Gasteiger partial charge in [0.05, 0.1) is 5.69 Å². The quantitative estimate of drug-likeness (QED) is 0.659. The summed E-state index contributed by atoms with van der Waals surface area (Å²) in [5.74, 6) is -0.760. The maximum atomic E-state index is 14.1. The number of hydrogen-bond donors (Lipinski definition) is 1. The van der Waals surface area contributed by atoms with Gasteiger partial charge in [0.25, 0.3) is 15.9 Å². The number of nitrogens with one attached hydrogen (secondary N) is 1. The van der Waals surface area contributed by atoms with E-state index >= 15 is 0 Å². The van der Waals surface area contributed by atoms with Gasteiger partial charge in [0.15, 0.2) is 11.3 Å². The maximum absolute atomic E-state index is 14.1. The molecule has 0 unspecified atom stereocenters. The third kappa shape index (κ3) is 3.35. The van der Waals surface area contributed by atoms with Crippen molar-refractivity contribution in [2.75, 3.05) is 17.8 Å². The first-order valence-corrected chi connectivity index (χ1v) is 11.3. The van der Waals surface area contributed by atoms with Gasteiger partial charge in [-0.25, -0.2) is 12.8 Å². The first-order valence-electron chi connectivity index (χ1n) is 9.80. The van der Waals surface area contributed by atoms with Crippen LogP contribution < -0.4 is 4.72 Å². The number of benzene rings is 2. The standard InChI is InChI=1S/C22H23FN2O4S/c1-13-12-16-15(3)19(22(26)25-10-6-7-11-25)29-20(16)21(14(13)2)30(27,28)24-18-9-5-4-8-17(18)23/h4-5,8-9,12,24H,6-7,10-11H2,1-3H3. The lowest BCUT2D eigenvalue weighted by molar-refractivity contribution is 0.0762. The Balaban J connectivity index is 1.89. The zero-order chi connectivity index (χ0) is 21.6. The number of likely N-dealkylation sites (tertiary alicyclic amines) is 1. The summed E-state index contributed by atoms with van der Waals surface area (Å²) in [6.45, 7) is 6.54. The monoisotopic (exact) mass is 430 g/mol. The Morgan fingerprint density at radius 2 is 1.77 bits per heavy atom. The number of carbonyl (C=O) groups is 1. The van der Waals surface area contributed by atoms with Crippen molar-refractivity contribution in [3.05, 3.63) is 58.6 Å². The molecule has 4 rings (SSSR count). The largest absolute Gasteiger partial charge is 0.449 e. The minimum Gasteiger partial charge on any atom is -0.449 e. The van der Waals surface area contributed by atoms with Crippen molar-refractivity contribution < 1.29 is 22.0 Å². The van der Waals surface area contributed by atoms with E-state index < -0.39 is 15.8 Å². The van der Waals surface area contributed by atoms with Crippen LogP contribution in [0.4, 0.5) is 10.1 Å². The highest BCUT2D eigenvalue weighted by Gasteiger charge is 2.30. The molecule has 0 bridgehead atoms. The number of sulfonamides is 1. The van der Waals surface area contributed by atoms with Gasteiger partial charge in [0.2, 0.25) is 0 Å². The van der Waals surface area contributed by atoms with Crippen LogP contribution in [0.15, 0.2) is 39.6 Å². The Hall–Kier alpha value is -2.87. The Bertz CT molecular complexity index is 1260. The second-order valence-corrected chi connectivity index (χ2v) is 9.28. The van der Waals surface area contributed by atoms with Gasteiger partial charge in [-0.15, -0.1) is 0 Å². The molecule has 30 heavy (non-hydrogen) atoms. The molecule has 1 aromatic heterocycles. The van der Waals surface area contributed by atoms with Gasteiger partial charge >= 0.3 is 0 Å². The molecule has 0 atom stereocenters. The fourth-order valence-electron chi connectivity index (χ4n) is 3.87. The number of amides is 1. The van der Waals surface area contributed by atoms with Crippen molar-refractivity contribution in [2.45, 2.75) is 38.5 Å². The highest BCUT2D eigenvalue weighted by molar-refractivity contribution is 7.93. The molecule has 2 heterocycles. The van der Waals surface area contributed by atoms with Crippen LogP contribution in [0.3, 0.4) is 0 Å². The number of fused-ring (bicyclic) bond motifs is 1. The number of nitrogens with zero attached hydrogens (tertiary/aromatic N) is 1. The van der Waals surface area contributed by atoms with Crippen LogP contribution in [-0.4, -0.2) is 32.3 Å². The van der Waals surface area contributed by atoms with Crippen molar-refractivity contribution in [3.63, 3.8) is 0 Å². The van der Waals surface area contributed by atoms with Gasteiger partial charge in [-0.3, -0.25) is 9.52 Å². The number of anilines is 1. The molecule has 1 N–H and O–H groups in total. The Morgan fingerprint density at radius 1 is 1.10 bits per heavy atom. The first kappa shape index (κ1) is 20.4. The SMILES string of the molecule is Cc1cc2c(C)c(C(=O)N3CCCC3)oc2c(S(=O)(=O)Nc2ccccc2F)c1C. The predicted molar refractivity (Wildman–Crippen MR) is 113 cm³/mol. The van der Waals surface area contributed by atoms with Crippen LogP contribution in [-0.2, 0) is 10.0 Å². The summed E-state index contributed by atoms with van der Waals surface area (Å²) >= 11 is 0. The van der Waals surface area contributed by atoms with Crippen molar-refractivity contribution in [1.82, 2.24) is 4.90 Å². The molecule has 0 radical (unpaired) electrons. The lowest BCUT2D eigenvalue weighted by Gasteiger charge is -2.14. The van der Waals surface area contributed by atoms with Crippen LogP contribution in [0.2, 0.25) is 0 Å². The average Bonchev–Trinajstić information content (AvgIpc) is 3.33. The van der Waals surface area contributed by atoms with Crippen molar-refractivity contribution >= 4 is 32.6 Å². The topological polar surface area (TPSA) is 79.6 Å². The molecule has 0 aliphatic carbocycles. The van der Waals surface area contributed by atoms with E-state index in [1.54, 1.807) is 31.7 Å². The minimum atomic E-state index is -4.17. The first-order chi connectivity index (χ1) is 14.2. The number of para-hydroxylation sites is 1. The van der Waals surface area contributed by atoms with E-state index in [9.17, 15) is 17.6 Å². The molecule has 6 nitrogen and oxygen atoms in total. The molecule has 1 fully saturated rings. The summed E-state index contributed by atoms with van der Waals surface area (Å²) < 4.78 is 48.8. The molecular weight excluding hydrogens is 407 g/mol. The number of aryl methyl sites for hydroxylation is 2. The number of carbonyl (C=O) groups excluding carboxylic acids is 1. The highest BCUT2D eigenvalue weighted by atomic mass is 32.2. The van der Waals surface area contributed by atoms with E-state index in [2.05, 4.69) is 4.72 Å². The second-order valence-electron chi connectivity index (χ2n) is 7.67. The molecule has 1 aliphatic rings. The van der Waals surface area contributed by atoms with Gasteiger partial charge in [-0.1, -0.05) is 12.1 Å². The van der Waals surface area contributed by atoms with Gasteiger partial charge in [-0.2, -0.15) is 0 Å². The van der Waals surface area contributed by atoms with Crippen LogP contribution in [0.1, 0.15) is 40.1 Å². The average molecular weight is 431 g/mol. The van der Waals surface area contributed by atoms with E-state index in [4.69, 9.17) is 4.42 Å². The smallest absolute Gasteiger partial charge is 0.289 e. The summed E-state index contributed by atoms with van der Waals surface area (Å²) in [4.78, 5) is 14.6. The Labute approximate surface area is 174 Å². The molecule has 8 heteroatoms. The molecular formula is C22H23FN2O4S. The highest BCUT2D eigenvalue weighted by Crippen LogP contribution is 2.36. The molecule has 0 spiro atoms. The summed E-state index contributed by atoms with van der Waals surface area (Å²) in [5, 5.41) is 0.564. The number of furan rings is 1. The molecule has 2 aromatic carbocycles. The molecule has 1 saturated heterocycles. The summed E-state index contributed by atoms with van der Waals surface area (Å²) in [6.07, 6.45) is 1.88.